The molecule has 0 aromatic heterocycles. The number of allylic oxidation sites excluding steroid dienone is 2. The van der Waals surface area contributed by atoms with Crippen LogP contribution in [0.25, 0.3) is 0 Å². The molecule has 0 rings (SSSR count). The second kappa shape index (κ2) is 32.3. The first-order valence-corrected chi connectivity index (χ1v) is 19.7. The molecule has 0 heterocycles. The molecule has 2 atom stereocenters. The van der Waals surface area contributed by atoms with Crippen LogP contribution < -0.4 is 0 Å². The van der Waals surface area contributed by atoms with Crippen molar-refractivity contribution in [3.05, 3.63) is 12.2 Å². The molecule has 0 fully saturated rings. The largest absolute Gasteiger partial charge is 0.477 e. The Morgan fingerprint density at radius 3 is 1.52 bits per heavy atom. The van der Waals surface area contributed by atoms with Gasteiger partial charge in [0.2, 0.25) is 0 Å². The molecule has 48 heavy (non-hydrogen) atoms. The SMILES string of the molecule is CCCCCC/C=C\CCCCCCCC(=O)OC(COCCC(C(=O)O)[N+](C)(C)C)COC(=O)CCCCCCCCCCCCC. The van der Waals surface area contributed by atoms with Gasteiger partial charge in [-0.3, -0.25) is 9.59 Å². The Hall–Kier alpha value is -1.93. The fraction of sp³-hybridized carbons (Fsp3) is 0.875. The van der Waals surface area contributed by atoms with Gasteiger partial charge in [0.25, 0.3) is 0 Å². The third-order valence-electron chi connectivity index (χ3n) is 8.91. The molecule has 8 nitrogen and oxygen atoms in total. The number of ether oxygens (including phenoxy) is 3. The number of quaternary nitrogens is 1. The Morgan fingerprint density at radius 2 is 1.04 bits per heavy atom. The standard InChI is InChI=1S/C40H75NO7/c1-6-8-10-12-14-16-18-19-21-23-25-27-29-31-39(43)48-36(34-46-33-32-37(40(44)45)41(3,4)5)35-47-38(42)30-28-26-24-22-20-17-15-13-11-9-7-2/h16,18,36-37H,6-15,17,19-35H2,1-5H3/p+1/b18-16-. The number of hydrogen-bond donors (Lipinski definition) is 1. The summed E-state index contributed by atoms with van der Waals surface area (Å²) in [6, 6.07) is -0.610. The van der Waals surface area contributed by atoms with E-state index in [9.17, 15) is 19.5 Å². The highest BCUT2D eigenvalue weighted by Gasteiger charge is 2.31. The van der Waals surface area contributed by atoms with E-state index >= 15 is 0 Å². The molecule has 0 saturated carbocycles. The van der Waals surface area contributed by atoms with E-state index in [0.29, 0.717) is 19.3 Å². The molecule has 0 bridgehead atoms. The number of esters is 2. The summed E-state index contributed by atoms with van der Waals surface area (Å²) in [5, 5.41) is 9.58. The Morgan fingerprint density at radius 1 is 0.604 bits per heavy atom. The molecule has 0 aromatic carbocycles. The van der Waals surface area contributed by atoms with Gasteiger partial charge in [0.15, 0.2) is 12.1 Å². The highest BCUT2D eigenvalue weighted by atomic mass is 16.6. The van der Waals surface area contributed by atoms with Crippen LogP contribution in [0.4, 0.5) is 0 Å². The Balaban J connectivity index is 4.41. The van der Waals surface area contributed by atoms with E-state index in [1.807, 2.05) is 21.1 Å². The third kappa shape index (κ3) is 30.2. The van der Waals surface area contributed by atoms with Crippen molar-refractivity contribution in [2.24, 2.45) is 0 Å². The van der Waals surface area contributed by atoms with Crippen LogP contribution in [0.15, 0.2) is 12.2 Å². The van der Waals surface area contributed by atoms with E-state index in [2.05, 4.69) is 26.0 Å². The average Bonchev–Trinajstić information content (AvgIpc) is 3.03. The number of carboxylic acids is 1. The maximum Gasteiger partial charge on any atom is 0.362 e. The number of hydrogen-bond acceptors (Lipinski definition) is 6. The van der Waals surface area contributed by atoms with Crippen molar-refractivity contribution in [3.8, 4) is 0 Å². The van der Waals surface area contributed by atoms with Gasteiger partial charge in [0.05, 0.1) is 34.4 Å². The topological polar surface area (TPSA) is 99.1 Å². The average molecular weight is 683 g/mol. The van der Waals surface area contributed by atoms with Gasteiger partial charge in [-0.2, -0.15) is 0 Å². The van der Waals surface area contributed by atoms with Gasteiger partial charge in [-0.25, -0.2) is 4.79 Å². The lowest BCUT2D eigenvalue weighted by Gasteiger charge is -2.31. The minimum Gasteiger partial charge on any atom is -0.477 e. The van der Waals surface area contributed by atoms with Crippen molar-refractivity contribution in [2.75, 3.05) is 41.0 Å². The van der Waals surface area contributed by atoms with E-state index in [0.717, 1.165) is 51.4 Å². The normalized spacial score (nSPS) is 13.1. The molecule has 8 heteroatoms. The number of carboxylic acid groups (broad SMARTS) is 1. The summed E-state index contributed by atoms with van der Waals surface area (Å²) < 4.78 is 17.2. The van der Waals surface area contributed by atoms with Crippen LogP contribution in [0, 0.1) is 0 Å². The molecule has 2 unspecified atom stereocenters. The Labute approximate surface area is 295 Å². The van der Waals surface area contributed by atoms with Crippen molar-refractivity contribution >= 4 is 17.9 Å². The number of aliphatic carboxylic acids is 1. The van der Waals surface area contributed by atoms with Gasteiger partial charge in [-0.15, -0.1) is 0 Å². The van der Waals surface area contributed by atoms with Crippen LogP contribution in [-0.4, -0.2) is 80.6 Å². The van der Waals surface area contributed by atoms with Gasteiger partial charge in [0, 0.05) is 19.3 Å². The zero-order valence-electron chi connectivity index (χ0n) is 32.0. The molecule has 0 aliphatic carbocycles. The Bertz CT molecular complexity index is 808. The lowest BCUT2D eigenvalue weighted by Crippen LogP contribution is -2.50. The first-order valence-electron chi connectivity index (χ1n) is 19.7. The third-order valence-corrected chi connectivity index (χ3v) is 8.91. The predicted molar refractivity (Wildman–Crippen MR) is 197 cm³/mol. The first-order chi connectivity index (χ1) is 23.1. The van der Waals surface area contributed by atoms with Gasteiger partial charge in [-0.1, -0.05) is 129 Å². The van der Waals surface area contributed by atoms with Gasteiger partial charge in [0.1, 0.15) is 6.61 Å². The number of carbonyl (C=O) groups is 3. The van der Waals surface area contributed by atoms with Crippen LogP contribution in [0.1, 0.15) is 174 Å². The van der Waals surface area contributed by atoms with Crippen LogP contribution in [0.3, 0.4) is 0 Å². The number of nitrogens with zero attached hydrogens (tertiary/aromatic N) is 1. The maximum atomic E-state index is 12.6. The maximum absolute atomic E-state index is 12.6. The summed E-state index contributed by atoms with van der Waals surface area (Å²) in [5.74, 6) is -1.47. The highest BCUT2D eigenvalue weighted by Crippen LogP contribution is 2.14. The highest BCUT2D eigenvalue weighted by molar-refractivity contribution is 5.72. The van der Waals surface area contributed by atoms with Crippen molar-refractivity contribution in [1.29, 1.82) is 0 Å². The number of likely N-dealkylation sites (N-methyl/N-ethyl adjacent to an activating group) is 1. The van der Waals surface area contributed by atoms with Crippen LogP contribution in [0.2, 0.25) is 0 Å². The fourth-order valence-electron chi connectivity index (χ4n) is 5.79. The van der Waals surface area contributed by atoms with Crippen LogP contribution in [-0.2, 0) is 28.6 Å². The smallest absolute Gasteiger partial charge is 0.362 e. The Kier molecular flexibility index (Phi) is 31.0. The number of carbonyl (C=O) groups excluding carboxylic acids is 2. The van der Waals surface area contributed by atoms with E-state index < -0.39 is 18.1 Å². The van der Waals surface area contributed by atoms with Crippen molar-refractivity contribution in [2.45, 2.75) is 187 Å². The van der Waals surface area contributed by atoms with Gasteiger partial charge >= 0.3 is 17.9 Å². The monoisotopic (exact) mass is 683 g/mol. The fourth-order valence-corrected chi connectivity index (χ4v) is 5.79. The lowest BCUT2D eigenvalue weighted by molar-refractivity contribution is -0.887. The van der Waals surface area contributed by atoms with Gasteiger partial charge in [-0.05, 0) is 38.5 Å². The van der Waals surface area contributed by atoms with Crippen molar-refractivity contribution < 1.29 is 38.2 Å². The van der Waals surface area contributed by atoms with E-state index in [1.54, 1.807) is 0 Å². The molecule has 0 aromatic rings. The molecule has 282 valence electrons. The molecule has 0 spiro atoms. The zero-order chi connectivity index (χ0) is 35.7. The summed E-state index contributed by atoms with van der Waals surface area (Å²) in [6.45, 7) is 4.70. The zero-order valence-corrected chi connectivity index (χ0v) is 32.0. The minimum atomic E-state index is -0.875. The summed E-state index contributed by atoms with van der Waals surface area (Å²) in [4.78, 5) is 36.7. The summed E-state index contributed by atoms with van der Waals surface area (Å²) in [7, 11) is 5.52. The molecule has 0 amide bonds. The quantitative estimate of drug-likeness (QED) is 0.0307. The van der Waals surface area contributed by atoms with E-state index in [1.165, 1.54) is 89.9 Å². The first kappa shape index (κ1) is 46.1. The number of unbranched alkanes of at least 4 members (excludes halogenated alkanes) is 19. The summed E-state index contributed by atoms with van der Waals surface area (Å²) in [6.07, 6.45) is 31.0. The minimum absolute atomic E-state index is 0.0492. The molecule has 0 saturated heterocycles. The summed E-state index contributed by atoms with van der Waals surface area (Å²) >= 11 is 0. The van der Waals surface area contributed by atoms with Crippen molar-refractivity contribution in [1.82, 2.24) is 0 Å². The lowest BCUT2D eigenvalue weighted by atomic mass is 10.1. The second-order valence-electron chi connectivity index (χ2n) is 14.5. The van der Waals surface area contributed by atoms with E-state index in [4.69, 9.17) is 14.2 Å². The van der Waals surface area contributed by atoms with Gasteiger partial charge < -0.3 is 23.8 Å². The summed E-state index contributed by atoms with van der Waals surface area (Å²) in [5.41, 5.74) is 0. The molecule has 1 N–H and O–H groups in total. The molecule has 0 radical (unpaired) electrons. The molecular weight excluding hydrogens is 606 g/mol. The predicted octanol–water partition coefficient (Wildman–Crippen LogP) is 9.97. The molecular formula is C40H76NO7+. The molecule has 0 aliphatic rings. The second-order valence-corrected chi connectivity index (χ2v) is 14.5. The molecule has 0 aliphatic heterocycles. The van der Waals surface area contributed by atoms with Crippen molar-refractivity contribution in [3.63, 3.8) is 0 Å². The van der Waals surface area contributed by atoms with Crippen LogP contribution >= 0.6 is 0 Å². The van der Waals surface area contributed by atoms with Crippen LogP contribution in [0.5, 0.6) is 0 Å². The number of rotatable bonds is 35. The van der Waals surface area contributed by atoms with E-state index in [-0.39, 0.29) is 36.2 Å².